The molecule has 6 nitrogen and oxygen atoms in total. The van der Waals surface area contributed by atoms with Gasteiger partial charge in [0.1, 0.15) is 5.75 Å². The molecule has 130 valence electrons. The van der Waals surface area contributed by atoms with E-state index in [0.717, 1.165) is 29.7 Å². The highest BCUT2D eigenvalue weighted by atomic mass is 32.1. The van der Waals surface area contributed by atoms with E-state index in [1.807, 2.05) is 43.3 Å². The van der Waals surface area contributed by atoms with Crippen LogP contribution >= 0.6 is 12.2 Å². The zero-order chi connectivity index (χ0) is 17.7. The van der Waals surface area contributed by atoms with Gasteiger partial charge in [-0.25, -0.2) is 0 Å². The summed E-state index contributed by atoms with van der Waals surface area (Å²) < 4.78 is 5.20. The van der Waals surface area contributed by atoms with Crippen LogP contribution in [0.15, 0.2) is 29.1 Å². The van der Waals surface area contributed by atoms with Crippen LogP contribution in [-0.2, 0) is 6.54 Å². The third kappa shape index (κ3) is 4.46. The van der Waals surface area contributed by atoms with E-state index >= 15 is 0 Å². The molecule has 0 aliphatic carbocycles. The second-order valence-corrected chi connectivity index (χ2v) is 6.24. The summed E-state index contributed by atoms with van der Waals surface area (Å²) >= 11 is 5.37. The molecular weight excluding hydrogens is 324 g/mol. The second kappa shape index (κ2) is 8.12. The number of pyridine rings is 1. The molecule has 2 aromatic rings. The quantitative estimate of drug-likeness (QED) is 0.770. The lowest BCUT2D eigenvalue weighted by Crippen LogP contribution is -2.42. The fraction of sp³-hybridized carbons (Fsp3) is 0.412. The highest BCUT2D eigenvalue weighted by molar-refractivity contribution is 7.80. The van der Waals surface area contributed by atoms with Crippen molar-refractivity contribution in [2.75, 3.05) is 41.3 Å². The van der Waals surface area contributed by atoms with Gasteiger partial charge in [0.2, 0.25) is 0 Å². The monoisotopic (exact) mass is 348 g/mol. The van der Waals surface area contributed by atoms with Gasteiger partial charge in [0.05, 0.1) is 19.2 Å². The Labute approximate surface area is 147 Å². The molecule has 1 aromatic heterocycles. The average Bonchev–Trinajstić information content (AvgIpc) is 2.57. The summed E-state index contributed by atoms with van der Waals surface area (Å²) in [7, 11) is 7.42. The Morgan fingerprint density at radius 2 is 2.04 bits per heavy atom. The first-order valence-electron chi connectivity index (χ1n) is 7.76. The van der Waals surface area contributed by atoms with Crippen LogP contribution in [0.2, 0.25) is 0 Å². The number of nitrogens with one attached hydrogen (secondary N) is 2. The van der Waals surface area contributed by atoms with E-state index in [1.54, 1.807) is 14.2 Å². The van der Waals surface area contributed by atoms with Gasteiger partial charge >= 0.3 is 0 Å². The van der Waals surface area contributed by atoms with Crippen molar-refractivity contribution in [1.29, 1.82) is 0 Å². The maximum Gasteiger partial charge on any atom is 0.253 e. The molecule has 0 radical (unpaired) electrons. The van der Waals surface area contributed by atoms with Crippen molar-refractivity contribution in [3.05, 3.63) is 40.2 Å². The minimum absolute atomic E-state index is 0.107. The third-order valence-electron chi connectivity index (χ3n) is 3.81. The number of thiocarbonyl (C=S) groups is 1. The zero-order valence-corrected chi connectivity index (χ0v) is 15.4. The van der Waals surface area contributed by atoms with Gasteiger partial charge in [-0.3, -0.25) is 4.79 Å². The molecule has 7 heteroatoms. The number of likely N-dealkylation sites (N-methyl/N-ethyl adjacent to an activating group) is 1. The minimum Gasteiger partial charge on any atom is -0.497 e. The molecule has 0 amide bonds. The predicted molar refractivity (Wildman–Crippen MR) is 102 cm³/mol. The Kier molecular flexibility index (Phi) is 6.16. The van der Waals surface area contributed by atoms with Crippen molar-refractivity contribution in [2.24, 2.45) is 0 Å². The highest BCUT2D eigenvalue weighted by Crippen LogP contribution is 2.18. The van der Waals surface area contributed by atoms with E-state index in [4.69, 9.17) is 17.0 Å². The third-order valence-corrected chi connectivity index (χ3v) is 4.27. The van der Waals surface area contributed by atoms with Gasteiger partial charge in [0, 0.05) is 31.8 Å². The Balaban J connectivity index is 2.30. The lowest BCUT2D eigenvalue weighted by Gasteiger charge is -2.26. The van der Waals surface area contributed by atoms with Crippen molar-refractivity contribution in [3.63, 3.8) is 0 Å². The number of benzene rings is 1. The van der Waals surface area contributed by atoms with E-state index < -0.39 is 0 Å². The van der Waals surface area contributed by atoms with Crippen LogP contribution in [0.1, 0.15) is 5.56 Å². The minimum atomic E-state index is -0.107. The SMILES string of the molecule is CNC(=S)N(CCN(C)C)Cc1cc2ccc(OC)cc2[nH]c1=O. The summed E-state index contributed by atoms with van der Waals surface area (Å²) in [6, 6.07) is 7.55. The molecule has 1 aromatic carbocycles. The molecule has 24 heavy (non-hydrogen) atoms. The number of rotatable bonds is 6. The standard InChI is InChI=1S/C17H24N4O2S/c1-18-17(24)21(8-7-20(2)3)11-13-9-12-5-6-14(23-4)10-15(12)19-16(13)22/h5-6,9-10H,7-8,11H2,1-4H3,(H,18,24)(H,19,22). The van der Waals surface area contributed by atoms with Crippen LogP contribution in [0.5, 0.6) is 5.75 Å². The van der Waals surface area contributed by atoms with Crippen molar-refractivity contribution in [1.82, 2.24) is 20.1 Å². The smallest absolute Gasteiger partial charge is 0.253 e. The van der Waals surface area contributed by atoms with Crippen molar-refractivity contribution in [3.8, 4) is 5.75 Å². The average molecular weight is 348 g/mol. The number of hydrogen-bond acceptors (Lipinski definition) is 4. The molecule has 2 N–H and O–H groups in total. The maximum atomic E-state index is 12.4. The fourth-order valence-corrected chi connectivity index (χ4v) is 2.56. The van der Waals surface area contributed by atoms with Crippen molar-refractivity contribution >= 4 is 28.2 Å². The summed E-state index contributed by atoms with van der Waals surface area (Å²) in [6.45, 7) is 2.06. The van der Waals surface area contributed by atoms with E-state index in [2.05, 4.69) is 15.2 Å². The van der Waals surface area contributed by atoms with Gasteiger partial charge in [0.25, 0.3) is 5.56 Å². The molecule has 0 bridgehead atoms. The van der Waals surface area contributed by atoms with Gasteiger partial charge in [-0.15, -0.1) is 0 Å². The number of nitrogens with zero attached hydrogens (tertiary/aromatic N) is 2. The predicted octanol–water partition coefficient (Wildman–Crippen LogP) is 1.40. The number of aromatic amines is 1. The summed E-state index contributed by atoms with van der Waals surface area (Å²) in [5.74, 6) is 0.717. The van der Waals surface area contributed by atoms with Crippen molar-refractivity contribution < 1.29 is 4.74 Å². The number of hydrogen-bond donors (Lipinski definition) is 2. The Hall–Kier alpha value is -2.12. The molecular formula is C17H24N4O2S. The Morgan fingerprint density at radius 3 is 2.67 bits per heavy atom. The topological polar surface area (TPSA) is 60.6 Å². The number of ether oxygens (including phenoxy) is 1. The molecule has 0 atom stereocenters. The lowest BCUT2D eigenvalue weighted by atomic mass is 10.1. The van der Waals surface area contributed by atoms with E-state index in [9.17, 15) is 4.79 Å². The van der Waals surface area contributed by atoms with Gasteiger partial charge < -0.3 is 24.8 Å². The maximum absolute atomic E-state index is 12.4. The molecule has 0 saturated carbocycles. The van der Waals surface area contributed by atoms with Gasteiger partial charge in [-0.05, 0) is 49.9 Å². The van der Waals surface area contributed by atoms with E-state index in [1.165, 1.54) is 0 Å². The first-order valence-corrected chi connectivity index (χ1v) is 8.16. The molecule has 2 rings (SSSR count). The van der Waals surface area contributed by atoms with Gasteiger partial charge in [-0.1, -0.05) is 0 Å². The molecule has 1 heterocycles. The van der Waals surface area contributed by atoms with E-state index in [0.29, 0.717) is 17.2 Å². The summed E-state index contributed by atoms with van der Waals surface area (Å²) in [4.78, 5) is 19.4. The summed E-state index contributed by atoms with van der Waals surface area (Å²) in [6.07, 6.45) is 0. The molecule has 0 aliphatic heterocycles. The van der Waals surface area contributed by atoms with Crippen LogP contribution in [0.25, 0.3) is 10.9 Å². The number of H-pyrrole nitrogens is 1. The molecule has 0 spiro atoms. The first kappa shape index (κ1) is 18.2. The molecule has 0 aliphatic rings. The second-order valence-electron chi connectivity index (χ2n) is 5.86. The molecule has 0 fully saturated rings. The normalized spacial score (nSPS) is 10.9. The highest BCUT2D eigenvalue weighted by Gasteiger charge is 2.13. The Bertz CT molecular complexity index is 773. The Morgan fingerprint density at radius 1 is 1.29 bits per heavy atom. The lowest BCUT2D eigenvalue weighted by molar-refractivity contribution is 0.323. The molecule has 0 saturated heterocycles. The summed E-state index contributed by atoms with van der Waals surface area (Å²) in [5, 5.41) is 4.59. The van der Waals surface area contributed by atoms with Crippen molar-refractivity contribution in [2.45, 2.75) is 6.54 Å². The number of fused-ring (bicyclic) bond motifs is 1. The summed E-state index contributed by atoms with van der Waals surface area (Å²) in [5.41, 5.74) is 1.34. The molecule has 0 unspecified atom stereocenters. The fourth-order valence-electron chi connectivity index (χ4n) is 2.41. The van der Waals surface area contributed by atoms with E-state index in [-0.39, 0.29) is 5.56 Å². The number of methoxy groups -OCH3 is 1. The van der Waals surface area contributed by atoms with Crippen LogP contribution in [0.4, 0.5) is 0 Å². The van der Waals surface area contributed by atoms with Crippen LogP contribution < -0.4 is 15.6 Å². The van der Waals surface area contributed by atoms with Gasteiger partial charge in [0.15, 0.2) is 5.11 Å². The van der Waals surface area contributed by atoms with Crippen LogP contribution in [0.3, 0.4) is 0 Å². The number of aromatic nitrogens is 1. The van der Waals surface area contributed by atoms with Crippen LogP contribution in [-0.4, -0.2) is 61.2 Å². The van der Waals surface area contributed by atoms with Crippen LogP contribution in [0, 0.1) is 0 Å². The van der Waals surface area contributed by atoms with Gasteiger partial charge in [-0.2, -0.15) is 0 Å². The largest absolute Gasteiger partial charge is 0.497 e. The zero-order valence-electron chi connectivity index (χ0n) is 14.5. The first-order chi connectivity index (χ1) is 11.4.